The molecule has 1 atom stereocenters. The first kappa shape index (κ1) is 11.9. The minimum atomic E-state index is -0.299. The van der Waals surface area contributed by atoms with Gasteiger partial charge in [-0.25, -0.2) is 4.39 Å². The molecule has 0 aliphatic heterocycles. The van der Waals surface area contributed by atoms with Crippen molar-refractivity contribution in [1.82, 2.24) is 0 Å². The van der Waals surface area contributed by atoms with Crippen LogP contribution in [0, 0.1) is 11.7 Å². The smallest absolute Gasteiger partial charge is 0.137 e. The van der Waals surface area contributed by atoms with E-state index < -0.39 is 0 Å². The van der Waals surface area contributed by atoms with E-state index in [0.717, 1.165) is 5.56 Å². The molecule has 82 valence electrons. The SMILES string of the molecule is CC(CN)CC(=O)Cc1cccc(F)c1. The van der Waals surface area contributed by atoms with Crippen molar-refractivity contribution >= 4 is 5.78 Å². The van der Waals surface area contributed by atoms with Crippen LogP contribution in [0.3, 0.4) is 0 Å². The van der Waals surface area contributed by atoms with Crippen LogP contribution in [0.5, 0.6) is 0 Å². The first-order valence-corrected chi connectivity index (χ1v) is 5.08. The number of benzene rings is 1. The molecular formula is C12H16FNO. The van der Waals surface area contributed by atoms with Gasteiger partial charge in [0.1, 0.15) is 11.6 Å². The maximum Gasteiger partial charge on any atom is 0.137 e. The molecule has 0 saturated carbocycles. The quantitative estimate of drug-likeness (QED) is 0.805. The Labute approximate surface area is 89.3 Å². The van der Waals surface area contributed by atoms with Gasteiger partial charge in [-0.15, -0.1) is 0 Å². The number of Topliss-reactive ketones (excluding diaryl/α,β-unsaturated/α-hetero) is 1. The summed E-state index contributed by atoms with van der Waals surface area (Å²) in [4.78, 5) is 11.5. The zero-order valence-electron chi connectivity index (χ0n) is 8.87. The maximum absolute atomic E-state index is 12.8. The van der Waals surface area contributed by atoms with Gasteiger partial charge < -0.3 is 5.73 Å². The fourth-order valence-corrected chi connectivity index (χ4v) is 1.42. The van der Waals surface area contributed by atoms with E-state index in [1.54, 1.807) is 12.1 Å². The molecule has 1 rings (SSSR count). The Morgan fingerprint density at radius 3 is 2.87 bits per heavy atom. The van der Waals surface area contributed by atoms with Gasteiger partial charge in [-0.05, 0) is 30.2 Å². The van der Waals surface area contributed by atoms with Crippen molar-refractivity contribution in [1.29, 1.82) is 0 Å². The third-order valence-corrected chi connectivity index (χ3v) is 2.27. The van der Waals surface area contributed by atoms with Crippen LogP contribution in [-0.4, -0.2) is 12.3 Å². The number of hydrogen-bond acceptors (Lipinski definition) is 2. The zero-order chi connectivity index (χ0) is 11.3. The van der Waals surface area contributed by atoms with Crippen LogP contribution in [0.15, 0.2) is 24.3 Å². The van der Waals surface area contributed by atoms with Gasteiger partial charge in [0.15, 0.2) is 0 Å². The fourth-order valence-electron chi connectivity index (χ4n) is 1.42. The maximum atomic E-state index is 12.8. The lowest BCUT2D eigenvalue weighted by atomic mass is 10.00. The second kappa shape index (κ2) is 5.61. The molecule has 0 heterocycles. The molecule has 0 aliphatic rings. The molecule has 0 spiro atoms. The van der Waals surface area contributed by atoms with Gasteiger partial charge in [-0.1, -0.05) is 19.1 Å². The average Bonchev–Trinajstić information content (AvgIpc) is 2.17. The van der Waals surface area contributed by atoms with Crippen LogP contribution in [0.4, 0.5) is 4.39 Å². The van der Waals surface area contributed by atoms with E-state index in [2.05, 4.69) is 0 Å². The Kier molecular flexibility index (Phi) is 4.43. The summed E-state index contributed by atoms with van der Waals surface area (Å²) in [6.07, 6.45) is 0.759. The summed E-state index contributed by atoms with van der Waals surface area (Å²) in [5, 5.41) is 0. The van der Waals surface area contributed by atoms with Crippen LogP contribution in [0.2, 0.25) is 0 Å². The normalized spacial score (nSPS) is 12.5. The molecule has 1 unspecified atom stereocenters. The van der Waals surface area contributed by atoms with E-state index in [1.807, 2.05) is 6.92 Å². The van der Waals surface area contributed by atoms with Gasteiger partial charge in [0, 0.05) is 12.8 Å². The number of carbonyl (C=O) groups is 1. The zero-order valence-corrected chi connectivity index (χ0v) is 8.87. The van der Waals surface area contributed by atoms with Crippen LogP contribution < -0.4 is 5.73 Å². The van der Waals surface area contributed by atoms with Crippen LogP contribution in [0.25, 0.3) is 0 Å². The Morgan fingerprint density at radius 2 is 2.27 bits per heavy atom. The van der Waals surface area contributed by atoms with Crippen molar-refractivity contribution in [2.75, 3.05) is 6.54 Å². The molecule has 2 nitrogen and oxygen atoms in total. The van der Waals surface area contributed by atoms with E-state index in [0.29, 0.717) is 19.4 Å². The summed E-state index contributed by atoms with van der Waals surface area (Å²) in [5.74, 6) is 0.0109. The second-order valence-corrected chi connectivity index (χ2v) is 3.89. The summed E-state index contributed by atoms with van der Waals surface area (Å²) in [5.41, 5.74) is 6.15. The molecule has 0 aromatic heterocycles. The predicted molar refractivity (Wildman–Crippen MR) is 57.9 cm³/mol. The van der Waals surface area contributed by atoms with E-state index >= 15 is 0 Å². The Bertz CT molecular complexity index is 338. The number of rotatable bonds is 5. The highest BCUT2D eigenvalue weighted by Crippen LogP contribution is 2.08. The molecule has 2 N–H and O–H groups in total. The van der Waals surface area contributed by atoms with Gasteiger partial charge in [-0.3, -0.25) is 4.79 Å². The molecule has 0 aliphatic carbocycles. The topological polar surface area (TPSA) is 43.1 Å². The van der Waals surface area contributed by atoms with Crippen molar-refractivity contribution in [2.45, 2.75) is 19.8 Å². The number of hydrogen-bond donors (Lipinski definition) is 1. The first-order chi connectivity index (χ1) is 7.11. The molecular weight excluding hydrogens is 193 g/mol. The number of carbonyl (C=O) groups excluding carboxylic acids is 1. The molecule has 0 fully saturated rings. The Hall–Kier alpha value is -1.22. The van der Waals surface area contributed by atoms with Crippen molar-refractivity contribution in [3.05, 3.63) is 35.6 Å². The lowest BCUT2D eigenvalue weighted by molar-refractivity contribution is -0.119. The largest absolute Gasteiger partial charge is 0.330 e. The van der Waals surface area contributed by atoms with Gasteiger partial charge >= 0.3 is 0 Å². The highest BCUT2D eigenvalue weighted by Gasteiger charge is 2.08. The predicted octanol–water partition coefficient (Wildman–Crippen LogP) is 1.92. The fraction of sp³-hybridized carbons (Fsp3) is 0.417. The van der Waals surface area contributed by atoms with E-state index in [-0.39, 0.29) is 17.5 Å². The van der Waals surface area contributed by atoms with Crippen molar-refractivity contribution < 1.29 is 9.18 Å². The highest BCUT2D eigenvalue weighted by molar-refractivity contribution is 5.81. The highest BCUT2D eigenvalue weighted by atomic mass is 19.1. The molecule has 15 heavy (non-hydrogen) atoms. The lowest BCUT2D eigenvalue weighted by Crippen LogP contribution is -2.16. The Morgan fingerprint density at radius 1 is 1.53 bits per heavy atom. The van der Waals surface area contributed by atoms with Crippen molar-refractivity contribution in [3.63, 3.8) is 0 Å². The summed E-state index contributed by atoms with van der Waals surface area (Å²) >= 11 is 0. The van der Waals surface area contributed by atoms with Crippen LogP contribution in [-0.2, 0) is 11.2 Å². The molecule has 3 heteroatoms. The second-order valence-electron chi connectivity index (χ2n) is 3.89. The molecule has 1 aromatic rings. The van der Waals surface area contributed by atoms with Crippen molar-refractivity contribution in [2.24, 2.45) is 11.7 Å². The Balaban J connectivity index is 2.51. The minimum Gasteiger partial charge on any atom is -0.330 e. The lowest BCUT2D eigenvalue weighted by Gasteiger charge is -2.06. The summed E-state index contributed by atoms with van der Waals surface area (Å²) < 4.78 is 12.8. The standard InChI is InChI=1S/C12H16FNO/c1-9(8-14)5-12(15)7-10-3-2-4-11(13)6-10/h2-4,6,9H,5,7-8,14H2,1H3. The monoisotopic (exact) mass is 209 g/mol. The van der Waals surface area contributed by atoms with Crippen LogP contribution >= 0.6 is 0 Å². The summed E-state index contributed by atoms with van der Waals surface area (Å²) in [6.45, 7) is 2.44. The van der Waals surface area contributed by atoms with E-state index in [9.17, 15) is 9.18 Å². The van der Waals surface area contributed by atoms with Gasteiger partial charge in [0.2, 0.25) is 0 Å². The molecule has 0 bridgehead atoms. The third kappa shape index (κ3) is 4.21. The van der Waals surface area contributed by atoms with Gasteiger partial charge in [-0.2, -0.15) is 0 Å². The third-order valence-electron chi connectivity index (χ3n) is 2.27. The number of halogens is 1. The molecule has 0 amide bonds. The van der Waals surface area contributed by atoms with E-state index in [4.69, 9.17) is 5.73 Å². The van der Waals surface area contributed by atoms with Gasteiger partial charge in [0.05, 0.1) is 0 Å². The van der Waals surface area contributed by atoms with E-state index in [1.165, 1.54) is 12.1 Å². The summed E-state index contributed by atoms with van der Waals surface area (Å²) in [6, 6.07) is 6.14. The molecule has 0 radical (unpaired) electrons. The average molecular weight is 209 g/mol. The first-order valence-electron chi connectivity index (χ1n) is 5.08. The minimum absolute atomic E-state index is 0.110. The van der Waals surface area contributed by atoms with Crippen molar-refractivity contribution in [3.8, 4) is 0 Å². The van der Waals surface area contributed by atoms with Crippen LogP contribution in [0.1, 0.15) is 18.9 Å². The van der Waals surface area contributed by atoms with Gasteiger partial charge in [0.25, 0.3) is 0 Å². The summed E-state index contributed by atoms with van der Waals surface area (Å²) in [7, 11) is 0. The molecule has 0 saturated heterocycles. The number of ketones is 1. The number of nitrogens with two attached hydrogens (primary N) is 1. The molecule has 1 aromatic carbocycles.